The third-order valence-corrected chi connectivity index (χ3v) is 1.85. The molecule has 0 radical (unpaired) electrons. The van der Waals surface area contributed by atoms with Gasteiger partial charge in [0.2, 0.25) is 5.95 Å². The van der Waals surface area contributed by atoms with E-state index in [1.165, 1.54) is 0 Å². The molecular weight excluding hydrogens is 178 g/mol. The van der Waals surface area contributed by atoms with Crippen LogP contribution in [0, 0.1) is 0 Å². The highest BCUT2D eigenvalue weighted by molar-refractivity contribution is 5.50. The Morgan fingerprint density at radius 3 is 2.86 bits per heavy atom. The first-order valence-corrected chi connectivity index (χ1v) is 4.43. The molecule has 0 aliphatic carbocycles. The van der Waals surface area contributed by atoms with Crippen LogP contribution in [0.15, 0.2) is 18.3 Å². The molecule has 0 spiro atoms. The van der Waals surface area contributed by atoms with Crippen LogP contribution in [0.4, 0.5) is 5.95 Å². The summed E-state index contributed by atoms with van der Waals surface area (Å²) in [5, 5.41) is 0. The minimum atomic E-state index is 0.265. The van der Waals surface area contributed by atoms with E-state index in [1.54, 1.807) is 0 Å². The topological polar surface area (TPSA) is 80.5 Å². The van der Waals surface area contributed by atoms with Crippen molar-refractivity contribution in [3.8, 4) is 11.5 Å². The van der Waals surface area contributed by atoms with E-state index >= 15 is 0 Å². The Morgan fingerprint density at radius 2 is 2.21 bits per heavy atom. The standard InChI is InChI=1S/C9H11N5/c1-2-7-12-8(14-9(10)13-7)6-4-3-5-11-6/h3-5,11H,2H2,1H3,(H2,10,12,13,14). The first-order valence-electron chi connectivity index (χ1n) is 4.43. The fourth-order valence-corrected chi connectivity index (χ4v) is 1.19. The van der Waals surface area contributed by atoms with Gasteiger partial charge in [-0.3, -0.25) is 0 Å². The summed E-state index contributed by atoms with van der Waals surface area (Å²) >= 11 is 0. The van der Waals surface area contributed by atoms with Crippen LogP contribution in [0.3, 0.4) is 0 Å². The summed E-state index contributed by atoms with van der Waals surface area (Å²) in [5.41, 5.74) is 6.42. The van der Waals surface area contributed by atoms with E-state index in [0.717, 1.165) is 12.1 Å². The van der Waals surface area contributed by atoms with Gasteiger partial charge in [0.15, 0.2) is 5.82 Å². The van der Waals surface area contributed by atoms with Gasteiger partial charge >= 0.3 is 0 Å². The number of nitrogen functional groups attached to an aromatic ring is 1. The van der Waals surface area contributed by atoms with E-state index in [2.05, 4.69) is 19.9 Å². The number of nitrogens with two attached hydrogens (primary N) is 1. The second-order valence-corrected chi connectivity index (χ2v) is 2.87. The maximum Gasteiger partial charge on any atom is 0.223 e. The Hall–Kier alpha value is -1.91. The number of hydrogen-bond acceptors (Lipinski definition) is 4. The summed E-state index contributed by atoms with van der Waals surface area (Å²) in [7, 11) is 0. The van der Waals surface area contributed by atoms with Gasteiger partial charge in [0.25, 0.3) is 0 Å². The maximum absolute atomic E-state index is 5.56. The van der Waals surface area contributed by atoms with Crippen molar-refractivity contribution < 1.29 is 0 Å². The molecule has 2 aromatic rings. The second kappa shape index (κ2) is 3.45. The van der Waals surface area contributed by atoms with Crippen LogP contribution in [0.5, 0.6) is 0 Å². The van der Waals surface area contributed by atoms with Gasteiger partial charge in [-0.15, -0.1) is 0 Å². The third kappa shape index (κ3) is 1.56. The molecule has 14 heavy (non-hydrogen) atoms. The van der Waals surface area contributed by atoms with Gasteiger partial charge < -0.3 is 10.7 Å². The van der Waals surface area contributed by atoms with Crippen molar-refractivity contribution in [2.45, 2.75) is 13.3 Å². The van der Waals surface area contributed by atoms with E-state index in [1.807, 2.05) is 25.3 Å². The Labute approximate surface area is 81.4 Å². The highest BCUT2D eigenvalue weighted by Crippen LogP contribution is 2.12. The van der Waals surface area contributed by atoms with Crippen molar-refractivity contribution >= 4 is 5.95 Å². The molecule has 0 aliphatic heterocycles. The van der Waals surface area contributed by atoms with E-state index in [0.29, 0.717) is 11.6 Å². The number of aryl methyl sites for hydroxylation is 1. The second-order valence-electron chi connectivity index (χ2n) is 2.87. The van der Waals surface area contributed by atoms with Crippen molar-refractivity contribution in [1.29, 1.82) is 0 Å². The SMILES string of the molecule is CCc1nc(N)nc(-c2ccc[nH]2)n1. The molecule has 0 saturated carbocycles. The lowest BCUT2D eigenvalue weighted by molar-refractivity contribution is 0.910. The Bertz CT molecular complexity index is 421. The van der Waals surface area contributed by atoms with Gasteiger partial charge in [0, 0.05) is 12.6 Å². The molecule has 0 unspecified atom stereocenters. The zero-order chi connectivity index (χ0) is 9.97. The number of hydrogen-bond donors (Lipinski definition) is 2. The van der Waals surface area contributed by atoms with Gasteiger partial charge in [-0.05, 0) is 12.1 Å². The number of anilines is 1. The predicted molar refractivity (Wildman–Crippen MR) is 53.4 cm³/mol. The van der Waals surface area contributed by atoms with Crippen molar-refractivity contribution in [2.24, 2.45) is 0 Å². The van der Waals surface area contributed by atoms with Crippen molar-refractivity contribution in [3.63, 3.8) is 0 Å². The average Bonchev–Trinajstić information content (AvgIpc) is 2.69. The highest BCUT2D eigenvalue weighted by Gasteiger charge is 2.05. The summed E-state index contributed by atoms with van der Waals surface area (Å²) in [6.07, 6.45) is 2.57. The molecule has 0 aliphatic rings. The fourth-order valence-electron chi connectivity index (χ4n) is 1.19. The quantitative estimate of drug-likeness (QED) is 0.738. The summed E-state index contributed by atoms with van der Waals surface area (Å²) in [5.74, 6) is 1.57. The van der Waals surface area contributed by atoms with E-state index in [-0.39, 0.29) is 5.95 Å². The Balaban J connectivity index is 2.48. The largest absolute Gasteiger partial charge is 0.368 e. The van der Waals surface area contributed by atoms with Crippen LogP contribution in [0.25, 0.3) is 11.5 Å². The zero-order valence-electron chi connectivity index (χ0n) is 7.86. The van der Waals surface area contributed by atoms with Crippen LogP contribution in [-0.2, 0) is 6.42 Å². The first-order chi connectivity index (χ1) is 6.79. The molecule has 5 heteroatoms. The molecular formula is C9H11N5. The van der Waals surface area contributed by atoms with Crippen LogP contribution < -0.4 is 5.73 Å². The van der Waals surface area contributed by atoms with Crippen molar-refractivity contribution in [3.05, 3.63) is 24.2 Å². The molecule has 2 rings (SSSR count). The lowest BCUT2D eigenvalue weighted by Gasteiger charge is -2.00. The average molecular weight is 189 g/mol. The Kier molecular flexibility index (Phi) is 2.14. The summed E-state index contributed by atoms with van der Waals surface area (Å²) in [4.78, 5) is 15.3. The number of nitrogens with zero attached hydrogens (tertiary/aromatic N) is 3. The molecule has 0 atom stereocenters. The lowest BCUT2D eigenvalue weighted by Crippen LogP contribution is -2.04. The molecule has 5 nitrogen and oxygen atoms in total. The van der Waals surface area contributed by atoms with E-state index in [4.69, 9.17) is 5.73 Å². The number of H-pyrrole nitrogens is 1. The molecule has 0 fully saturated rings. The van der Waals surface area contributed by atoms with Crippen LogP contribution >= 0.6 is 0 Å². The summed E-state index contributed by atoms with van der Waals surface area (Å²) in [6, 6.07) is 3.79. The molecule has 3 N–H and O–H groups in total. The maximum atomic E-state index is 5.56. The minimum absolute atomic E-state index is 0.265. The van der Waals surface area contributed by atoms with E-state index in [9.17, 15) is 0 Å². The van der Waals surface area contributed by atoms with Gasteiger partial charge in [0.05, 0.1) is 5.69 Å². The molecule has 0 saturated heterocycles. The number of aromatic nitrogens is 4. The normalized spacial score (nSPS) is 10.4. The van der Waals surface area contributed by atoms with Gasteiger partial charge in [-0.2, -0.15) is 9.97 Å². The van der Waals surface area contributed by atoms with Gasteiger partial charge in [0.1, 0.15) is 5.82 Å². The summed E-state index contributed by atoms with van der Waals surface area (Å²) in [6.45, 7) is 1.98. The molecule has 0 aromatic carbocycles. The lowest BCUT2D eigenvalue weighted by atomic mass is 10.4. The van der Waals surface area contributed by atoms with Gasteiger partial charge in [-0.1, -0.05) is 6.92 Å². The monoisotopic (exact) mass is 189 g/mol. The predicted octanol–water partition coefficient (Wildman–Crippen LogP) is 1.01. The first kappa shape index (κ1) is 8.68. The van der Waals surface area contributed by atoms with Crippen LogP contribution in [0.1, 0.15) is 12.7 Å². The highest BCUT2D eigenvalue weighted by atomic mass is 15.1. The molecule has 72 valence electrons. The van der Waals surface area contributed by atoms with Crippen LogP contribution in [-0.4, -0.2) is 19.9 Å². The molecule has 2 heterocycles. The van der Waals surface area contributed by atoms with Crippen molar-refractivity contribution in [2.75, 3.05) is 5.73 Å². The third-order valence-electron chi connectivity index (χ3n) is 1.85. The fraction of sp³-hybridized carbons (Fsp3) is 0.222. The molecule has 2 aromatic heterocycles. The summed E-state index contributed by atoms with van der Waals surface area (Å²) < 4.78 is 0. The zero-order valence-corrected chi connectivity index (χ0v) is 7.86. The van der Waals surface area contributed by atoms with Gasteiger partial charge in [-0.25, -0.2) is 4.98 Å². The minimum Gasteiger partial charge on any atom is -0.368 e. The van der Waals surface area contributed by atoms with Crippen LogP contribution in [0.2, 0.25) is 0 Å². The van der Waals surface area contributed by atoms with Crippen molar-refractivity contribution in [1.82, 2.24) is 19.9 Å². The number of rotatable bonds is 2. The number of aromatic amines is 1. The number of nitrogens with one attached hydrogen (secondary N) is 1. The Morgan fingerprint density at radius 1 is 1.36 bits per heavy atom. The smallest absolute Gasteiger partial charge is 0.223 e. The van der Waals surface area contributed by atoms with E-state index < -0.39 is 0 Å². The molecule has 0 amide bonds. The molecule has 0 bridgehead atoms.